The van der Waals surface area contributed by atoms with Crippen LogP contribution in [0.3, 0.4) is 0 Å². The summed E-state index contributed by atoms with van der Waals surface area (Å²) in [6.45, 7) is 4.69. The van der Waals surface area contributed by atoms with E-state index < -0.39 is 0 Å². The van der Waals surface area contributed by atoms with E-state index in [1.54, 1.807) is 11.3 Å². The van der Waals surface area contributed by atoms with Crippen LogP contribution in [0.15, 0.2) is 3.92 Å². The van der Waals surface area contributed by atoms with Gasteiger partial charge in [0.05, 0.1) is 0 Å². The average molecular weight is 290 g/mol. The first kappa shape index (κ1) is 11.3. The molecule has 3 atom stereocenters. The van der Waals surface area contributed by atoms with Gasteiger partial charge in [-0.3, -0.25) is 0 Å². The number of nitrogens with one attached hydrogen (secondary N) is 1. The fourth-order valence-corrected chi connectivity index (χ4v) is 3.20. The van der Waals surface area contributed by atoms with Crippen LogP contribution in [0, 0.1) is 11.8 Å². The highest BCUT2D eigenvalue weighted by molar-refractivity contribution is 9.11. The smallest absolute Gasteiger partial charge is 0.206 e. The van der Waals surface area contributed by atoms with Crippen LogP contribution >= 0.6 is 27.3 Å². The molecule has 1 aromatic rings. The molecule has 0 spiro atoms. The molecular formula is C10H16BrN3S. The predicted octanol–water partition coefficient (Wildman–Crippen LogP) is 3.54. The van der Waals surface area contributed by atoms with Crippen LogP contribution in [-0.2, 0) is 0 Å². The van der Waals surface area contributed by atoms with E-state index in [9.17, 15) is 0 Å². The average Bonchev–Trinajstić information content (AvgIpc) is 2.58. The van der Waals surface area contributed by atoms with Gasteiger partial charge in [-0.2, -0.15) is 0 Å². The first-order valence-electron chi connectivity index (χ1n) is 5.40. The molecule has 3 unspecified atom stereocenters. The first-order chi connectivity index (χ1) is 7.15. The minimum Gasteiger partial charge on any atom is -0.357 e. The van der Waals surface area contributed by atoms with Crippen molar-refractivity contribution in [3.63, 3.8) is 0 Å². The van der Waals surface area contributed by atoms with Crippen LogP contribution in [0.2, 0.25) is 0 Å². The van der Waals surface area contributed by atoms with E-state index in [1.807, 2.05) is 0 Å². The zero-order valence-corrected chi connectivity index (χ0v) is 11.4. The van der Waals surface area contributed by atoms with Crippen molar-refractivity contribution in [2.75, 3.05) is 5.32 Å². The Morgan fingerprint density at radius 2 is 2.07 bits per heavy atom. The highest BCUT2D eigenvalue weighted by atomic mass is 79.9. The van der Waals surface area contributed by atoms with Crippen molar-refractivity contribution in [2.45, 2.75) is 39.2 Å². The van der Waals surface area contributed by atoms with Crippen LogP contribution in [0.25, 0.3) is 0 Å². The molecule has 5 heteroatoms. The fraction of sp³-hybridized carbons (Fsp3) is 0.800. The lowest BCUT2D eigenvalue weighted by Crippen LogP contribution is -2.30. The number of anilines is 1. The lowest BCUT2D eigenvalue weighted by Gasteiger charge is -2.32. The van der Waals surface area contributed by atoms with Gasteiger partial charge in [-0.15, -0.1) is 10.2 Å². The second-order valence-electron chi connectivity index (χ2n) is 4.47. The van der Waals surface area contributed by atoms with E-state index in [2.05, 4.69) is 45.3 Å². The fourth-order valence-electron chi connectivity index (χ4n) is 2.12. The monoisotopic (exact) mass is 289 g/mol. The maximum atomic E-state index is 4.06. The van der Waals surface area contributed by atoms with Crippen molar-refractivity contribution in [1.29, 1.82) is 0 Å². The third-order valence-electron chi connectivity index (χ3n) is 3.33. The van der Waals surface area contributed by atoms with E-state index in [4.69, 9.17) is 0 Å². The topological polar surface area (TPSA) is 37.8 Å². The Bertz CT molecular complexity index is 328. The molecule has 3 nitrogen and oxygen atoms in total. The minimum atomic E-state index is 0.580. The molecule has 1 N–H and O–H groups in total. The summed E-state index contributed by atoms with van der Waals surface area (Å²) < 4.78 is 0.849. The molecule has 15 heavy (non-hydrogen) atoms. The normalized spacial score (nSPS) is 31.5. The Kier molecular flexibility index (Phi) is 3.61. The van der Waals surface area contributed by atoms with E-state index in [0.717, 1.165) is 20.9 Å². The van der Waals surface area contributed by atoms with Gasteiger partial charge < -0.3 is 5.32 Å². The van der Waals surface area contributed by atoms with Gasteiger partial charge >= 0.3 is 0 Å². The quantitative estimate of drug-likeness (QED) is 0.905. The highest BCUT2D eigenvalue weighted by Crippen LogP contribution is 2.31. The Morgan fingerprint density at radius 1 is 1.27 bits per heavy atom. The summed E-state index contributed by atoms with van der Waals surface area (Å²) in [4.78, 5) is 0. The number of hydrogen-bond acceptors (Lipinski definition) is 4. The molecule has 2 rings (SSSR count). The summed E-state index contributed by atoms with van der Waals surface area (Å²) >= 11 is 4.89. The molecule has 0 bridgehead atoms. The second kappa shape index (κ2) is 4.78. The van der Waals surface area contributed by atoms with Gasteiger partial charge in [0.1, 0.15) is 0 Å². The molecule has 1 aliphatic rings. The van der Waals surface area contributed by atoms with Gasteiger partial charge in [-0.05, 0) is 47.0 Å². The maximum Gasteiger partial charge on any atom is 0.206 e. The molecule has 0 aromatic carbocycles. The van der Waals surface area contributed by atoms with Crippen molar-refractivity contribution in [1.82, 2.24) is 10.2 Å². The molecule has 0 amide bonds. The number of nitrogens with zero attached hydrogens (tertiary/aromatic N) is 2. The van der Waals surface area contributed by atoms with Crippen molar-refractivity contribution in [2.24, 2.45) is 11.8 Å². The van der Waals surface area contributed by atoms with Crippen LogP contribution in [-0.4, -0.2) is 16.2 Å². The van der Waals surface area contributed by atoms with Crippen molar-refractivity contribution >= 4 is 32.4 Å². The van der Waals surface area contributed by atoms with E-state index >= 15 is 0 Å². The third-order valence-corrected chi connectivity index (χ3v) is 4.61. The molecular weight excluding hydrogens is 274 g/mol. The zero-order chi connectivity index (χ0) is 10.8. The highest BCUT2D eigenvalue weighted by Gasteiger charge is 2.24. The van der Waals surface area contributed by atoms with Gasteiger partial charge in [-0.25, -0.2) is 0 Å². The molecule has 1 aliphatic carbocycles. The Hall–Kier alpha value is -0.160. The summed E-state index contributed by atoms with van der Waals surface area (Å²) in [7, 11) is 0. The van der Waals surface area contributed by atoms with Gasteiger partial charge in [-0.1, -0.05) is 25.2 Å². The third kappa shape index (κ3) is 2.91. The van der Waals surface area contributed by atoms with Gasteiger partial charge in [0.2, 0.25) is 5.13 Å². The number of halogens is 1. The van der Waals surface area contributed by atoms with Gasteiger partial charge in [0, 0.05) is 6.04 Å². The number of rotatable bonds is 2. The minimum absolute atomic E-state index is 0.580. The SMILES string of the molecule is CC1CCC(Nc2nnc(Br)s2)CC1C. The van der Waals surface area contributed by atoms with E-state index in [-0.39, 0.29) is 0 Å². The Balaban J connectivity index is 1.90. The molecule has 1 fully saturated rings. The summed E-state index contributed by atoms with van der Waals surface area (Å²) in [5.41, 5.74) is 0. The lowest BCUT2D eigenvalue weighted by molar-refractivity contribution is 0.261. The second-order valence-corrected chi connectivity index (χ2v) is 6.72. The Morgan fingerprint density at radius 3 is 2.67 bits per heavy atom. The molecule has 1 saturated carbocycles. The van der Waals surface area contributed by atoms with Crippen LogP contribution in [0.4, 0.5) is 5.13 Å². The zero-order valence-electron chi connectivity index (χ0n) is 9.03. The van der Waals surface area contributed by atoms with Crippen molar-refractivity contribution in [3.05, 3.63) is 3.92 Å². The standard InChI is InChI=1S/C10H16BrN3S/c1-6-3-4-8(5-7(6)2)12-10-14-13-9(11)15-10/h6-8H,3-5H2,1-2H3,(H,12,14). The summed E-state index contributed by atoms with van der Waals surface area (Å²) in [5, 5.41) is 12.4. The van der Waals surface area contributed by atoms with E-state index in [0.29, 0.717) is 6.04 Å². The van der Waals surface area contributed by atoms with Crippen LogP contribution in [0.1, 0.15) is 33.1 Å². The van der Waals surface area contributed by atoms with E-state index in [1.165, 1.54) is 19.3 Å². The summed E-state index contributed by atoms with van der Waals surface area (Å²) in [6, 6.07) is 0.580. The number of aromatic nitrogens is 2. The van der Waals surface area contributed by atoms with Crippen LogP contribution < -0.4 is 5.32 Å². The maximum absolute atomic E-state index is 4.06. The molecule has 0 aliphatic heterocycles. The molecule has 84 valence electrons. The summed E-state index contributed by atoms with van der Waals surface area (Å²) in [5.74, 6) is 1.68. The summed E-state index contributed by atoms with van der Waals surface area (Å²) in [6.07, 6.45) is 3.82. The molecule has 1 heterocycles. The number of hydrogen-bond donors (Lipinski definition) is 1. The molecule has 0 saturated heterocycles. The first-order valence-corrected chi connectivity index (χ1v) is 7.01. The van der Waals surface area contributed by atoms with Gasteiger partial charge in [0.15, 0.2) is 3.92 Å². The Labute approximate surface area is 103 Å². The van der Waals surface area contributed by atoms with Crippen LogP contribution in [0.5, 0.6) is 0 Å². The van der Waals surface area contributed by atoms with Crippen molar-refractivity contribution in [3.8, 4) is 0 Å². The van der Waals surface area contributed by atoms with Crippen molar-refractivity contribution < 1.29 is 0 Å². The largest absolute Gasteiger partial charge is 0.357 e. The predicted molar refractivity (Wildman–Crippen MR) is 67.2 cm³/mol. The van der Waals surface area contributed by atoms with Gasteiger partial charge in [0.25, 0.3) is 0 Å². The lowest BCUT2D eigenvalue weighted by atomic mass is 9.79. The molecule has 1 aromatic heterocycles. The molecule has 0 radical (unpaired) electrons.